The Morgan fingerprint density at radius 1 is 0.971 bits per heavy atom. The van der Waals surface area contributed by atoms with Gasteiger partial charge in [0.05, 0.1) is 28.4 Å². The van der Waals surface area contributed by atoms with Gasteiger partial charge in [-0.15, -0.1) is 0 Å². The number of halogens is 4. The minimum absolute atomic E-state index is 0.0467. The summed E-state index contributed by atoms with van der Waals surface area (Å²) in [7, 11) is -4.35. The van der Waals surface area contributed by atoms with Crippen LogP contribution in [0.5, 0.6) is 5.75 Å². The molecule has 0 aliphatic carbocycles. The van der Waals surface area contributed by atoms with E-state index in [2.05, 4.69) is 5.32 Å². The largest absolute Gasteiger partial charge is 0.494 e. The molecule has 0 saturated carbocycles. The Balaban J connectivity index is 1.94. The van der Waals surface area contributed by atoms with Crippen LogP contribution in [0.15, 0.2) is 77.7 Å². The van der Waals surface area contributed by atoms with E-state index in [1.807, 2.05) is 0 Å². The van der Waals surface area contributed by atoms with Gasteiger partial charge in [0.1, 0.15) is 18.1 Å². The van der Waals surface area contributed by atoms with Gasteiger partial charge in [0.15, 0.2) is 0 Å². The molecule has 180 valence electrons. The fraction of sp³-hybridized carbons (Fsp3) is 0.174. The molecule has 0 aromatic heterocycles. The van der Waals surface area contributed by atoms with Crippen molar-refractivity contribution >= 4 is 27.3 Å². The first-order valence-corrected chi connectivity index (χ1v) is 11.4. The predicted octanol–water partition coefficient (Wildman–Crippen LogP) is 5.08. The van der Waals surface area contributed by atoms with Gasteiger partial charge in [-0.2, -0.15) is 13.2 Å². The third kappa shape index (κ3) is 5.84. The summed E-state index contributed by atoms with van der Waals surface area (Å²) in [5.74, 6) is -1.22. The number of nitrogens with one attached hydrogen (secondary N) is 1. The smallest absolute Gasteiger partial charge is 0.418 e. The first-order chi connectivity index (χ1) is 16.0. The summed E-state index contributed by atoms with van der Waals surface area (Å²) >= 11 is 0. The fourth-order valence-electron chi connectivity index (χ4n) is 3.08. The highest BCUT2D eigenvalue weighted by molar-refractivity contribution is 7.92. The van der Waals surface area contributed by atoms with E-state index in [-0.39, 0.29) is 10.6 Å². The molecular weight excluding hydrogens is 476 g/mol. The number of benzene rings is 3. The van der Waals surface area contributed by atoms with Crippen LogP contribution >= 0.6 is 0 Å². The number of rotatable bonds is 8. The zero-order valence-corrected chi connectivity index (χ0v) is 18.7. The van der Waals surface area contributed by atoms with E-state index in [1.54, 1.807) is 6.92 Å². The quantitative estimate of drug-likeness (QED) is 0.442. The number of para-hydroxylation sites is 1. The number of ether oxygens (including phenoxy) is 1. The van der Waals surface area contributed by atoms with Crippen LogP contribution in [0.25, 0.3) is 0 Å². The second kappa shape index (κ2) is 10.1. The van der Waals surface area contributed by atoms with Gasteiger partial charge in [-0.3, -0.25) is 9.10 Å². The molecule has 34 heavy (non-hydrogen) atoms. The average molecular weight is 496 g/mol. The molecule has 0 radical (unpaired) electrons. The van der Waals surface area contributed by atoms with Crippen molar-refractivity contribution in [2.24, 2.45) is 0 Å². The number of sulfonamides is 1. The topological polar surface area (TPSA) is 75.7 Å². The van der Waals surface area contributed by atoms with Crippen molar-refractivity contribution in [3.8, 4) is 5.75 Å². The second-order valence-electron chi connectivity index (χ2n) is 6.98. The zero-order valence-electron chi connectivity index (χ0n) is 17.8. The highest BCUT2D eigenvalue weighted by Crippen LogP contribution is 2.34. The minimum Gasteiger partial charge on any atom is -0.494 e. The number of hydrogen-bond donors (Lipinski definition) is 1. The average Bonchev–Trinajstić information content (AvgIpc) is 2.78. The van der Waals surface area contributed by atoms with Crippen molar-refractivity contribution in [1.82, 2.24) is 0 Å². The van der Waals surface area contributed by atoms with E-state index in [1.165, 1.54) is 36.4 Å². The standard InChI is InChI=1S/C23H20F4N2O4S/c1-2-33-18-11-13-19(14-12-18)34(31,32)29(17-9-7-16(24)8-10-17)15-22(30)28-21-6-4-3-5-20(21)23(25,26)27/h3-14H,2,15H2,1H3,(H,28,30). The molecule has 3 aromatic carbocycles. The molecule has 0 heterocycles. The van der Waals surface area contributed by atoms with Crippen molar-refractivity contribution in [3.63, 3.8) is 0 Å². The van der Waals surface area contributed by atoms with Crippen LogP contribution in [0, 0.1) is 5.82 Å². The molecule has 0 saturated heterocycles. The zero-order chi connectivity index (χ0) is 24.9. The Kier molecular flexibility index (Phi) is 7.45. The fourth-order valence-corrected chi connectivity index (χ4v) is 4.50. The number of amides is 1. The van der Waals surface area contributed by atoms with Gasteiger partial charge in [-0.05, 0) is 67.6 Å². The van der Waals surface area contributed by atoms with Gasteiger partial charge >= 0.3 is 6.18 Å². The summed E-state index contributed by atoms with van der Waals surface area (Å²) in [6.45, 7) is 1.28. The van der Waals surface area contributed by atoms with Gasteiger partial charge in [-0.25, -0.2) is 12.8 Å². The molecule has 0 unspecified atom stereocenters. The van der Waals surface area contributed by atoms with Gasteiger partial charge in [0.2, 0.25) is 5.91 Å². The summed E-state index contributed by atoms with van der Waals surface area (Å²) < 4.78 is 85.8. The number of alkyl halides is 3. The maximum absolute atomic E-state index is 13.4. The molecule has 0 aliphatic rings. The van der Waals surface area contributed by atoms with Crippen molar-refractivity contribution in [3.05, 3.63) is 84.2 Å². The maximum atomic E-state index is 13.4. The monoisotopic (exact) mass is 496 g/mol. The molecule has 0 bridgehead atoms. The molecule has 1 N–H and O–H groups in total. The first kappa shape index (κ1) is 25.0. The molecule has 6 nitrogen and oxygen atoms in total. The summed E-state index contributed by atoms with van der Waals surface area (Å²) in [5.41, 5.74) is -1.64. The van der Waals surface area contributed by atoms with Crippen molar-refractivity contribution in [1.29, 1.82) is 0 Å². The van der Waals surface area contributed by atoms with E-state index in [9.17, 15) is 30.8 Å². The highest BCUT2D eigenvalue weighted by atomic mass is 32.2. The Hall–Kier alpha value is -3.60. The van der Waals surface area contributed by atoms with Gasteiger partial charge in [-0.1, -0.05) is 12.1 Å². The number of carbonyl (C=O) groups is 1. The lowest BCUT2D eigenvalue weighted by Gasteiger charge is -2.24. The van der Waals surface area contributed by atoms with Gasteiger partial charge in [0.25, 0.3) is 10.0 Å². The normalized spacial score (nSPS) is 11.7. The third-order valence-electron chi connectivity index (χ3n) is 4.63. The Bertz CT molecular complexity index is 1250. The van der Waals surface area contributed by atoms with Crippen LogP contribution < -0.4 is 14.4 Å². The van der Waals surface area contributed by atoms with Gasteiger partial charge < -0.3 is 10.1 Å². The summed E-state index contributed by atoms with van der Waals surface area (Å²) in [6, 6.07) is 14.0. The Morgan fingerprint density at radius 2 is 1.59 bits per heavy atom. The maximum Gasteiger partial charge on any atom is 0.418 e. The lowest BCUT2D eigenvalue weighted by atomic mass is 10.1. The van der Waals surface area contributed by atoms with Crippen LogP contribution in [0.3, 0.4) is 0 Å². The van der Waals surface area contributed by atoms with Crippen LogP contribution in [-0.4, -0.2) is 27.5 Å². The lowest BCUT2D eigenvalue weighted by Crippen LogP contribution is -2.38. The molecule has 3 rings (SSSR count). The predicted molar refractivity (Wildman–Crippen MR) is 119 cm³/mol. The molecule has 1 amide bonds. The van der Waals surface area contributed by atoms with Crippen molar-refractivity contribution in [2.75, 3.05) is 22.8 Å². The summed E-state index contributed by atoms with van der Waals surface area (Å²) in [5, 5.41) is 2.12. The molecule has 0 aliphatic heterocycles. The summed E-state index contributed by atoms with van der Waals surface area (Å²) in [6.07, 6.45) is -4.73. The van der Waals surface area contributed by atoms with E-state index in [0.717, 1.165) is 36.4 Å². The van der Waals surface area contributed by atoms with Crippen molar-refractivity contribution < 1.29 is 35.5 Å². The molecule has 11 heteroatoms. The molecule has 0 fully saturated rings. The van der Waals surface area contributed by atoms with E-state index >= 15 is 0 Å². The van der Waals surface area contributed by atoms with E-state index < -0.39 is 45.7 Å². The minimum atomic E-state index is -4.73. The van der Waals surface area contributed by atoms with E-state index in [4.69, 9.17) is 4.74 Å². The Labute approximate surface area is 193 Å². The molecule has 0 atom stereocenters. The highest BCUT2D eigenvalue weighted by Gasteiger charge is 2.34. The SMILES string of the molecule is CCOc1ccc(S(=O)(=O)N(CC(=O)Nc2ccccc2C(F)(F)F)c2ccc(F)cc2)cc1. The number of hydrogen-bond acceptors (Lipinski definition) is 4. The van der Waals surface area contributed by atoms with Crippen LogP contribution in [0.4, 0.5) is 28.9 Å². The van der Waals surface area contributed by atoms with Crippen LogP contribution in [0.1, 0.15) is 12.5 Å². The third-order valence-corrected chi connectivity index (χ3v) is 6.42. The van der Waals surface area contributed by atoms with Crippen LogP contribution in [0.2, 0.25) is 0 Å². The van der Waals surface area contributed by atoms with Crippen LogP contribution in [-0.2, 0) is 21.0 Å². The second-order valence-corrected chi connectivity index (χ2v) is 8.85. The number of nitrogens with zero attached hydrogens (tertiary/aromatic N) is 1. The molecule has 3 aromatic rings. The molecular formula is C23H20F4N2O4S. The van der Waals surface area contributed by atoms with Crippen molar-refractivity contribution in [2.45, 2.75) is 18.0 Å². The van der Waals surface area contributed by atoms with E-state index in [0.29, 0.717) is 16.7 Å². The van der Waals surface area contributed by atoms with Gasteiger partial charge in [0, 0.05) is 0 Å². The lowest BCUT2D eigenvalue weighted by molar-refractivity contribution is -0.137. The summed E-state index contributed by atoms with van der Waals surface area (Å²) in [4.78, 5) is 12.5. The number of carbonyl (C=O) groups excluding carboxylic acids is 1. The Morgan fingerprint density at radius 3 is 2.18 bits per heavy atom. The number of anilines is 2. The first-order valence-electron chi connectivity index (χ1n) is 9.99. The molecule has 0 spiro atoms.